The van der Waals surface area contributed by atoms with Gasteiger partial charge in [0, 0.05) is 19.7 Å². The average molecular weight is 587 g/mol. The number of carbonyl (C=O) groups is 3. The lowest BCUT2D eigenvalue weighted by atomic mass is 10.0. The lowest BCUT2D eigenvalue weighted by Crippen LogP contribution is -2.48. The van der Waals surface area contributed by atoms with Gasteiger partial charge in [-0.05, 0) is 54.6 Å². The molecule has 2 amide bonds. The quantitative estimate of drug-likeness (QED) is 0.103. The first-order valence-electron chi connectivity index (χ1n) is 14.5. The Morgan fingerprint density at radius 2 is 1.58 bits per heavy atom. The molecule has 0 heterocycles. The Labute approximate surface area is 254 Å². The summed E-state index contributed by atoms with van der Waals surface area (Å²) in [5, 5.41) is 12.2. The normalized spacial score (nSPS) is 12.3. The summed E-state index contributed by atoms with van der Waals surface area (Å²) in [6.45, 7) is 1.32. The third-order valence-electron chi connectivity index (χ3n) is 6.71. The van der Waals surface area contributed by atoms with Crippen molar-refractivity contribution >= 4 is 17.8 Å². The van der Waals surface area contributed by atoms with Crippen LogP contribution in [0.5, 0.6) is 5.75 Å². The monoisotopic (exact) mass is 586 g/mol. The molecule has 0 radical (unpaired) electrons. The summed E-state index contributed by atoms with van der Waals surface area (Å²) in [6, 6.07) is 26.1. The first kappa shape index (κ1) is 33.0. The van der Waals surface area contributed by atoms with Gasteiger partial charge in [-0.1, -0.05) is 78.9 Å². The molecule has 0 aliphatic rings. The van der Waals surface area contributed by atoms with Crippen LogP contribution in [0.15, 0.2) is 97.1 Å². The van der Waals surface area contributed by atoms with E-state index in [1.54, 1.807) is 20.2 Å². The van der Waals surface area contributed by atoms with Crippen LogP contribution >= 0.6 is 0 Å². The van der Waals surface area contributed by atoms with Gasteiger partial charge in [-0.2, -0.15) is 0 Å². The van der Waals surface area contributed by atoms with E-state index in [1.807, 2.05) is 84.9 Å². The number of amides is 2. The van der Waals surface area contributed by atoms with E-state index >= 15 is 0 Å². The van der Waals surface area contributed by atoms with Crippen LogP contribution in [0.4, 0.5) is 0 Å². The predicted octanol–water partition coefficient (Wildman–Crippen LogP) is 3.30. The minimum atomic E-state index is -0.510. The van der Waals surface area contributed by atoms with Crippen molar-refractivity contribution in [2.75, 3.05) is 27.2 Å². The second kappa shape index (κ2) is 18.9. The Kier molecular flexibility index (Phi) is 14.5. The Morgan fingerprint density at radius 1 is 0.884 bits per heavy atom. The highest BCUT2D eigenvalue weighted by molar-refractivity contribution is 5.87. The van der Waals surface area contributed by atoms with Crippen molar-refractivity contribution in [1.82, 2.24) is 21.3 Å². The summed E-state index contributed by atoms with van der Waals surface area (Å²) < 4.78 is 10.7. The average Bonchev–Trinajstić information content (AvgIpc) is 3.04. The molecule has 3 aromatic rings. The SMILES string of the molecule is CNC(=O)/C=C/C(Cc1ccccc1)NC(=O)C(CCCNCC(=O)OCc1ccccc1)NCc1cccc(OC)c1. The zero-order chi connectivity index (χ0) is 30.7. The molecular weight excluding hydrogens is 544 g/mol. The van der Waals surface area contributed by atoms with Crippen LogP contribution < -0.4 is 26.0 Å². The van der Waals surface area contributed by atoms with Gasteiger partial charge in [0.05, 0.1) is 25.7 Å². The van der Waals surface area contributed by atoms with Crippen molar-refractivity contribution in [2.45, 2.75) is 44.5 Å². The van der Waals surface area contributed by atoms with E-state index in [1.165, 1.54) is 6.08 Å². The summed E-state index contributed by atoms with van der Waals surface area (Å²) in [5.74, 6) is -0.00657. The van der Waals surface area contributed by atoms with E-state index in [2.05, 4.69) is 21.3 Å². The number of benzene rings is 3. The molecule has 3 aromatic carbocycles. The van der Waals surface area contributed by atoms with Crippen LogP contribution in [0.25, 0.3) is 0 Å². The number of ether oxygens (including phenoxy) is 2. The second-order valence-electron chi connectivity index (χ2n) is 10.0. The lowest BCUT2D eigenvalue weighted by Gasteiger charge is -2.22. The highest BCUT2D eigenvalue weighted by atomic mass is 16.5. The van der Waals surface area contributed by atoms with E-state index in [0.717, 1.165) is 22.4 Å². The van der Waals surface area contributed by atoms with Crippen molar-refractivity contribution in [2.24, 2.45) is 0 Å². The molecule has 0 saturated carbocycles. The van der Waals surface area contributed by atoms with Gasteiger partial charge in [0.15, 0.2) is 0 Å². The Balaban J connectivity index is 1.58. The summed E-state index contributed by atoms with van der Waals surface area (Å²) in [4.78, 5) is 37.6. The first-order chi connectivity index (χ1) is 21.0. The molecular formula is C34H42N4O5. The molecule has 43 heavy (non-hydrogen) atoms. The maximum Gasteiger partial charge on any atom is 0.320 e. The summed E-state index contributed by atoms with van der Waals surface area (Å²) in [6.07, 6.45) is 4.86. The van der Waals surface area contributed by atoms with Crippen LogP contribution in [-0.2, 0) is 38.7 Å². The number of rotatable bonds is 18. The lowest BCUT2D eigenvalue weighted by molar-refractivity contribution is -0.143. The fraction of sp³-hybridized carbons (Fsp3) is 0.324. The fourth-order valence-electron chi connectivity index (χ4n) is 4.37. The molecule has 2 atom stereocenters. The van der Waals surface area contributed by atoms with E-state index in [0.29, 0.717) is 32.4 Å². The number of esters is 1. The number of nitrogens with one attached hydrogen (secondary N) is 4. The molecule has 0 aromatic heterocycles. The van der Waals surface area contributed by atoms with Crippen LogP contribution in [-0.4, -0.2) is 57.1 Å². The molecule has 0 aliphatic carbocycles. The number of carbonyl (C=O) groups excluding carboxylic acids is 3. The molecule has 3 rings (SSSR count). The summed E-state index contributed by atoms with van der Waals surface area (Å²) in [5.41, 5.74) is 2.96. The predicted molar refractivity (Wildman–Crippen MR) is 167 cm³/mol. The van der Waals surface area contributed by atoms with E-state index in [4.69, 9.17) is 9.47 Å². The molecule has 0 spiro atoms. The van der Waals surface area contributed by atoms with Crippen LogP contribution in [0.1, 0.15) is 29.5 Å². The van der Waals surface area contributed by atoms with Crippen LogP contribution in [0.3, 0.4) is 0 Å². The maximum absolute atomic E-state index is 13.6. The van der Waals surface area contributed by atoms with Gasteiger partial charge in [0.2, 0.25) is 11.8 Å². The van der Waals surface area contributed by atoms with Crippen molar-refractivity contribution in [3.63, 3.8) is 0 Å². The van der Waals surface area contributed by atoms with Crippen molar-refractivity contribution < 1.29 is 23.9 Å². The highest BCUT2D eigenvalue weighted by Gasteiger charge is 2.21. The Bertz CT molecular complexity index is 1300. The standard InChI is InChI=1S/C34H42N4O5/c1-35-32(39)19-18-29(21-26-11-5-3-6-12-26)38-34(41)31(37-23-28-15-9-16-30(22-28)42-2)17-10-20-36-24-33(40)43-25-27-13-7-4-8-14-27/h3-9,11-16,18-19,22,29,31,36-37H,10,17,20-21,23-25H2,1-2H3,(H,35,39)(H,38,41)/b19-18+. The minimum absolute atomic E-state index is 0.0877. The topological polar surface area (TPSA) is 118 Å². The molecule has 4 N–H and O–H groups in total. The number of hydrogen-bond acceptors (Lipinski definition) is 7. The van der Waals surface area contributed by atoms with Gasteiger partial charge in [-0.25, -0.2) is 0 Å². The van der Waals surface area contributed by atoms with Gasteiger partial charge in [-0.15, -0.1) is 0 Å². The van der Waals surface area contributed by atoms with Crippen molar-refractivity contribution in [3.8, 4) is 5.75 Å². The highest BCUT2D eigenvalue weighted by Crippen LogP contribution is 2.13. The zero-order valence-corrected chi connectivity index (χ0v) is 24.9. The third kappa shape index (κ3) is 12.9. The molecule has 2 unspecified atom stereocenters. The summed E-state index contributed by atoms with van der Waals surface area (Å²) in [7, 11) is 3.18. The largest absolute Gasteiger partial charge is 0.497 e. The number of likely N-dealkylation sites (N-methyl/N-ethyl adjacent to an activating group) is 1. The third-order valence-corrected chi connectivity index (χ3v) is 6.71. The molecule has 9 heteroatoms. The van der Waals surface area contributed by atoms with Gasteiger partial charge in [-0.3, -0.25) is 14.4 Å². The minimum Gasteiger partial charge on any atom is -0.497 e. The molecule has 0 saturated heterocycles. The van der Waals surface area contributed by atoms with E-state index in [9.17, 15) is 14.4 Å². The summed E-state index contributed by atoms with van der Waals surface area (Å²) >= 11 is 0. The van der Waals surface area contributed by atoms with Gasteiger partial charge < -0.3 is 30.7 Å². The molecule has 9 nitrogen and oxygen atoms in total. The number of methoxy groups -OCH3 is 1. The van der Waals surface area contributed by atoms with Crippen LogP contribution in [0, 0.1) is 0 Å². The zero-order valence-electron chi connectivity index (χ0n) is 24.9. The Morgan fingerprint density at radius 3 is 2.28 bits per heavy atom. The smallest absolute Gasteiger partial charge is 0.320 e. The molecule has 228 valence electrons. The first-order valence-corrected chi connectivity index (χ1v) is 14.5. The van der Waals surface area contributed by atoms with E-state index in [-0.39, 0.29) is 37.0 Å². The Hall–Kier alpha value is -4.47. The maximum atomic E-state index is 13.6. The number of hydrogen-bond donors (Lipinski definition) is 4. The van der Waals surface area contributed by atoms with Gasteiger partial charge in [0.1, 0.15) is 12.4 Å². The molecule has 0 bridgehead atoms. The molecule has 0 aliphatic heterocycles. The fourth-order valence-corrected chi connectivity index (χ4v) is 4.37. The van der Waals surface area contributed by atoms with Crippen molar-refractivity contribution in [3.05, 3.63) is 114 Å². The second-order valence-corrected chi connectivity index (χ2v) is 10.0. The molecule has 0 fully saturated rings. The van der Waals surface area contributed by atoms with Gasteiger partial charge in [0.25, 0.3) is 0 Å². The van der Waals surface area contributed by atoms with Crippen LogP contribution in [0.2, 0.25) is 0 Å². The van der Waals surface area contributed by atoms with E-state index < -0.39 is 6.04 Å². The van der Waals surface area contributed by atoms with Crippen molar-refractivity contribution in [1.29, 1.82) is 0 Å². The van der Waals surface area contributed by atoms with Gasteiger partial charge >= 0.3 is 5.97 Å².